The van der Waals surface area contributed by atoms with Crippen LogP contribution in [0.5, 0.6) is 11.5 Å². The van der Waals surface area contributed by atoms with Crippen LogP contribution >= 0.6 is 46.4 Å². The summed E-state index contributed by atoms with van der Waals surface area (Å²) in [5.74, 6) is 1.42. The number of hydrogen-bond acceptors (Lipinski definition) is 5. The second-order valence-corrected chi connectivity index (χ2v) is 7.03. The highest BCUT2D eigenvalue weighted by atomic mass is 35.5. The van der Waals surface area contributed by atoms with Gasteiger partial charge < -0.3 is 9.15 Å². The molecule has 0 N–H and O–H groups in total. The quantitative estimate of drug-likeness (QED) is 0.306. The summed E-state index contributed by atoms with van der Waals surface area (Å²) >= 11 is 24.1. The summed E-state index contributed by atoms with van der Waals surface area (Å²) < 4.78 is 11.5. The Morgan fingerprint density at radius 3 is 1.79 bits per heavy atom. The molecule has 0 atom stereocenters. The molecule has 0 radical (unpaired) electrons. The Labute approximate surface area is 179 Å². The van der Waals surface area contributed by atoms with Crippen molar-refractivity contribution in [1.29, 1.82) is 0 Å². The summed E-state index contributed by atoms with van der Waals surface area (Å²) in [7, 11) is 0. The molecule has 2 aromatic carbocycles. The van der Waals surface area contributed by atoms with Gasteiger partial charge in [0, 0.05) is 11.1 Å². The molecule has 0 saturated carbocycles. The van der Waals surface area contributed by atoms with E-state index in [2.05, 4.69) is 15.2 Å². The normalized spacial score (nSPS) is 10.9. The van der Waals surface area contributed by atoms with Crippen LogP contribution in [-0.4, -0.2) is 15.2 Å². The topological polar surface area (TPSA) is 61.0 Å². The lowest BCUT2D eigenvalue weighted by atomic mass is 10.2. The number of aromatic nitrogens is 3. The molecule has 4 rings (SSSR count). The van der Waals surface area contributed by atoms with E-state index in [-0.39, 0.29) is 26.1 Å². The smallest absolute Gasteiger partial charge is 0.248 e. The first-order valence-electron chi connectivity index (χ1n) is 7.90. The van der Waals surface area contributed by atoms with Crippen LogP contribution in [0.1, 0.15) is 0 Å². The van der Waals surface area contributed by atoms with Crippen molar-refractivity contribution in [3.63, 3.8) is 0 Å². The van der Waals surface area contributed by atoms with E-state index in [1.807, 2.05) is 30.3 Å². The lowest BCUT2D eigenvalue weighted by molar-refractivity contribution is 0.482. The highest BCUT2D eigenvalue weighted by Crippen LogP contribution is 2.43. The number of halogens is 4. The van der Waals surface area contributed by atoms with E-state index in [0.717, 1.165) is 11.1 Å². The maximum atomic E-state index is 6.11. The van der Waals surface area contributed by atoms with Crippen molar-refractivity contribution in [2.24, 2.45) is 0 Å². The summed E-state index contributed by atoms with van der Waals surface area (Å²) in [6, 6.07) is 16.5. The standard InChI is InChI=1S/C19H9Cl4N3O2/c20-13-15(14(21)17(23)24-16(13)22)27-12-8-6-11(7-9-12)19-26-25-18(28-19)10-4-2-1-3-5-10/h1-9H. The highest BCUT2D eigenvalue weighted by Gasteiger charge is 2.18. The lowest BCUT2D eigenvalue weighted by Crippen LogP contribution is -1.91. The molecule has 0 amide bonds. The van der Waals surface area contributed by atoms with Crippen LogP contribution in [0.25, 0.3) is 22.9 Å². The van der Waals surface area contributed by atoms with Gasteiger partial charge in [-0.05, 0) is 36.4 Å². The van der Waals surface area contributed by atoms with Gasteiger partial charge in [0.25, 0.3) is 0 Å². The summed E-state index contributed by atoms with van der Waals surface area (Å²) in [6.07, 6.45) is 0. The van der Waals surface area contributed by atoms with Gasteiger partial charge in [-0.25, -0.2) is 4.98 Å². The Morgan fingerprint density at radius 1 is 0.679 bits per heavy atom. The van der Waals surface area contributed by atoms with Crippen LogP contribution < -0.4 is 4.74 Å². The summed E-state index contributed by atoms with van der Waals surface area (Å²) in [5, 5.41) is 8.31. The van der Waals surface area contributed by atoms with Gasteiger partial charge in [-0.2, -0.15) is 0 Å². The summed E-state index contributed by atoms with van der Waals surface area (Å²) in [6.45, 7) is 0. The Hall–Kier alpha value is -2.31. The zero-order valence-corrected chi connectivity index (χ0v) is 16.9. The Bertz CT molecular complexity index is 1110. The third-order valence-corrected chi connectivity index (χ3v) is 5.17. The molecule has 2 heterocycles. The van der Waals surface area contributed by atoms with E-state index in [1.54, 1.807) is 24.3 Å². The third-order valence-electron chi connectivity index (χ3n) is 3.72. The molecule has 0 aliphatic carbocycles. The average molecular weight is 453 g/mol. The zero-order chi connectivity index (χ0) is 19.7. The average Bonchev–Trinajstić information content (AvgIpc) is 3.21. The predicted molar refractivity (Wildman–Crippen MR) is 110 cm³/mol. The molecule has 0 aliphatic rings. The predicted octanol–water partition coefficient (Wildman–Crippen LogP) is 7.20. The number of benzene rings is 2. The van der Waals surface area contributed by atoms with Gasteiger partial charge in [0.1, 0.15) is 15.8 Å². The van der Waals surface area contributed by atoms with Gasteiger partial charge in [0.2, 0.25) is 11.8 Å². The van der Waals surface area contributed by atoms with Crippen LogP contribution in [0.4, 0.5) is 0 Å². The molecule has 0 unspecified atom stereocenters. The van der Waals surface area contributed by atoms with Crippen molar-refractivity contribution in [3.05, 3.63) is 74.9 Å². The molecule has 0 fully saturated rings. The van der Waals surface area contributed by atoms with Gasteiger partial charge in [0.15, 0.2) is 16.1 Å². The number of hydrogen-bond donors (Lipinski definition) is 0. The first-order chi connectivity index (χ1) is 13.5. The molecule has 0 aliphatic heterocycles. The minimum Gasteiger partial charge on any atom is -0.454 e. The molecule has 0 bridgehead atoms. The fourth-order valence-corrected chi connectivity index (χ4v) is 3.16. The van der Waals surface area contributed by atoms with Gasteiger partial charge in [0.05, 0.1) is 0 Å². The van der Waals surface area contributed by atoms with Gasteiger partial charge in [-0.3, -0.25) is 0 Å². The molecule has 0 saturated heterocycles. The molecule has 4 aromatic rings. The van der Waals surface area contributed by atoms with Crippen molar-refractivity contribution >= 4 is 46.4 Å². The third kappa shape index (κ3) is 3.80. The minimum atomic E-state index is 0.00184. The number of pyridine rings is 1. The van der Waals surface area contributed by atoms with Gasteiger partial charge in [-0.15, -0.1) is 10.2 Å². The molecular weight excluding hydrogens is 444 g/mol. The number of rotatable bonds is 4. The van der Waals surface area contributed by atoms with Crippen molar-refractivity contribution in [1.82, 2.24) is 15.2 Å². The van der Waals surface area contributed by atoms with Crippen molar-refractivity contribution in [2.75, 3.05) is 0 Å². The number of ether oxygens (including phenoxy) is 1. The van der Waals surface area contributed by atoms with E-state index >= 15 is 0 Å². The molecule has 2 aromatic heterocycles. The van der Waals surface area contributed by atoms with Crippen molar-refractivity contribution in [2.45, 2.75) is 0 Å². The van der Waals surface area contributed by atoms with E-state index in [1.165, 1.54) is 0 Å². The molecule has 28 heavy (non-hydrogen) atoms. The van der Waals surface area contributed by atoms with Gasteiger partial charge in [-0.1, -0.05) is 64.6 Å². The molecule has 140 valence electrons. The van der Waals surface area contributed by atoms with E-state index < -0.39 is 0 Å². The molecule has 0 spiro atoms. The first-order valence-corrected chi connectivity index (χ1v) is 9.41. The highest BCUT2D eigenvalue weighted by molar-refractivity contribution is 6.47. The minimum absolute atomic E-state index is 0.00184. The maximum Gasteiger partial charge on any atom is 0.248 e. The second-order valence-electron chi connectivity index (χ2n) is 5.56. The van der Waals surface area contributed by atoms with Crippen molar-refractivity contribution in [3.8, 4) is 34.4 Å². The van der Waals surface area contributed by atoms with E-state index in [4.69, 9.17) is 55.6 Å². The Kier molecular flexibility index (Phi) is 5.42. The molecular formula is C19H9Cl4N3O2. The van der Waals surface area contributed by atoms with Crippen LogP contribution in [0, 0.1) is 0 Å². The van der Waals surface area contributed by atoms with E-state index in [9.17, 15) is 0 Å². The SMILES string of the molecule is Clc1nc(Cl)c(Cl)c(Oc2ccc(-c3nnc(-c4ccccc4)o3)cc2)c1Cl. The maximum absolute atomic E-state index is 6.11. The van der Waals surface area contributed by atoms with Crippen molar-refractivity contribution < 1.29 is 9.15 Å². The van der Waals surface area contributed by atoms with Crippen LogP contribution in [0.3, 0.4) is 0 Å². The zero-order valence-electron chi connectivity index (χ0n) is 13.9. The number of nitrogens with zero attached hydrogens (tertiary/aromatic N) is 3. The van der Waals surface area contributed by atoms with Crippen LogP contribution in [0.2, 0.25) is 20.4 Å². The summed E-state index contributed by atoms with van der Waals surface area (Å²) in [5.41, 5.74) is 1.57. The Balaban J connectivity index is 1.58. The van der Waals surface area contributed by atoms with Crippen LogP contribution in [0.15, 0.2) is 59.0 Å². The second kappa shape index (κ2) is 7.97. The lowest BCUT2D eigenvalue weighted by Gasteiger charge is -2.11. The van der Waals surface area contributed by atoms with Crippen LogP contribution in [-0.2, 0) is 0 Å². The van der Waals surface area contributed by atoms with Gasteiger partial charge >= 0.3 is 0 Å². The molecule has 9 heteroatoms. The fourth-order valence-electron chi connectivity index (χ4n) is 2.38. The monoisotopic (exact) mass is 451 g/mol. The largest absolute Gasteiger partial charge is 0.454 e. The molecule has 5 nitrogen and oxygen atoms in total. The first kappa shape index (κ1) is 19.0. The van der Waals surface area contributed by atoms with E-state index in [0.29, 0.717) is 17.5 Å². The Morgan fingerprint density at radius 2 is 1.21 bits per heavy atom. The fraction of sp³-hybridized carbons (Fsp3) is 0. The summed E-state index contributed by atoms with van der Waals surface area (Å²) in [4.78, 5) is 3.82.